The molecule has 146 valence electrons. The molecule has 11 heteroatoms. The Morgan fingerprint density at radius 2 is 1.93 bits per heavy atom. The van der Waals surface area contributed by atoms with E-state index >= 15 is 0 Å². The van der Waals surface area contributed by atoms with Crippen LogP contribution < -0.4 is 4.80 Å². The highest BCUT2D eigenvalue weighted by molar-refractivity contribution is 7.16. The Morgan fingerprint density at radius 1 is 1.21 bits per heavy atom. The number of carbonyl (C=O) groups excluding carboxylic acids is 1. The quantitative estimate of drug-likeness (QED) is 0.626. The van der Waals surface area contributed by atoms with Gasteiger partial charge in [-0.3, -0.25) is 9.59 Å². The predicted octanol–water partition coefficient (Wildman–Crippen LogP) is 4.34. The number of aliphatic carboxylic acids is 1. The van der Waals surface area contributed by atoms with Crippen LogP contribution in [0.5, 0.6) is 0 Å². The molecule has 0 aliphatic carbocycles. The van der Waals surface area contributed by atoms with E-state index < -0.39 is 36.0 Å². The number of alkyl halides is 3. The van der Waals surface area contributed by atoms with Gasteiger partial charge in [-0.25, -0.2) is 4.39 Å². The van der Waals surface area contributed by atoms with Crippen LogP contribution in [0.25, 0.3) is 10.2 Å². The summed E-state index contributed by atoms with van der Waals surface area (Å²) in [5.41, 5.74) is -1.63. The smallest absolute Gasteiger partial charge is 0.419 e. The Bertz CT molecular complexity index is 1170. The molecule has 0 bridgehead atoms. The lowest BCUT2D eigenvalue weighted by Gasteiger charge is -2.09. The van der Waals surface area contributed by atoms with E-state index in [-0.39, 0.29) is 25.6 Å². The number of carbonyl (C=O) groups is 2. The van der Waals surface area contributed by atoms with Crippen LogP contribution in [0.15, 0.2) is 41.4 Å². The minimum Gasteiger partial charge on any atom is -0.480 e. The molecule has 3 aromatic rings. The lowest BCUT2D eigenvalue weighted by molar-refractivity contribution is -0.140. The molecule has 0 saturated heterocycles. The maximum atomic E-state index is 13.8. The Kier molecular flexibility index (Phi) is 5.26. The average Bonchev–Trinajstić information content (AvgIpc) is 2.89. The number of aromatic nitrogens is 1. The first-order valence-electron chi connectivity index (χ1n) is 7.53. The minimum atomic E-state index is -4.96. The van der Waals surface area contributed by atoms with Crippen LogP contribution in [-0.2, 0) is 17.5 Å². The first-order chi connectivity index (χ1) is 13.1. The third kappa shape index (κ3) is 4.07. The molecule has 0 unspecified atom stereocenters. The lowest BCUT2D eigenvalue weighted by atomic mass is 10.2. The Morgan fingerprint density at radius 3 is 2.54 bits per heavy atom. The van der Waals surface area contributed by atoms with Gasteiger partial charge in [-0.1, -0.05) is 29.0 Å². The number of nitrogens with zero attached hydrogens (tertiary/aromatic N) is 2. The van der Waals surface area contributed by atoms with Gasteiger partial charge < -0.3 is 9.67 Å². The molecular formula is C17H9ClF4N2O3S. The highest BCUT2D eigenvalue weighted by atomic mass is 35.5. The van der Waals surface area contributed by atoms with Gasteiger partial charge >= 0.3 is 12.1 Å². The summed E-state index contributed by atoms with van der Waals surface area (Å²) in [7, 11) is 0. The molecule has 0 atom stereocenters. The number of rotatable bonds is 3. The highest BCUT2D eigenvalue weighted by Crippen LogP contribution is 2.34. The van der Waals surface area contributed by atoms with E-state index in [1.807, 2.05) is 0 Å². The fraction of sp³-hybridized carbons (Fsp3) is 0.118. The van der Waals surface area contributed by atoms with Crippen LogP contribution in [0.1, 0.15) is 15.9 Å². The number of amides is 1. The van der Waals surface area contributed by atoms with Gasteiger partial charge in [-0.05, 0) is 30.3 Å². The summed E-state index contributed by atoms with van der Waals surface area (Å²) in [5.74, 6) is -3.64. The van der Waals surface area contributed by atoms with Gasteiger partial charge in [0.1, 0.15) is 12.4 Å². The van der Waals surface area contributed by atoms with Crippen LogP contribution in [0.3, 0.4) is 0 Å². The van der Waals surface area contributed by atoms with Crippen molar-refractivity contribution in [2.45, 2.75) is 12.7 Å². The summed E-state index contributed by atoms with van der Waals surface area (Å²) >= 11 is 6.51. The molecule has 3 rings (SSSR count). The van der Waals surface area contributed by atoms with Crippen LogP contribution >= 0.6 is 22.9 Å². The predicted molar refractivity (Wildman–Crippen MR) is 93.8 cm³/mol. The summed E-state index contributed by atoms with van der Waals surface area (Å²) in [6.45, 7) is -0.759. The molecule has 28 heavy (non-hydrogen) atoms. The largest absolute Gasteiger partial charge is 0.480 e. The van der Waals surface area contributed by atoms with Crippen molar-refractivity contribution >= 4 is 45.0 Å². The molecule has 1 aromatic heterocycles. The van der Waals surface area contributed by atoms with Crippen molar-refractivity contribution in [2.75, 3.05) is 0 Å². The second kappa shape index (κ2) is 7.36. The van der Waals surface area contributed by atoms with Gasteiger partial charge in [0.25, 0.3) is 5.91 Å². The number of halogens is 5. The molecule has 0 aliphatic heterocycles. The number of hydrogen-bond acceptors (Lipinski definition) is 3. The van der Waals surface area contributed by atoms with Crippen LogP contribution in [-0.4, -0.2) is 21.6 Å². The number of benzene rings is 2. The normalized spacial score (nSPS) is 12.5. The van der Waals surface area contributed by atoms with Gasteiger partial charge in [0, 0.05) is 10.6 Å². The van der Waals surface area contributed by atoms with Crippen LogP contribution in [0.4, 0.5) is 17.6 Å². The van der Waals surface area contributed by atoms with Crippen molar-refractivity contribution in [3.05, 3.63) is 63.2 Å². The maximum Gasteiger partial charge on any atom is 0.419 e. The molecule has 0 spiro atoms. The van der Waals surface area contributed by atoms with Crippen molar-refractivity contribution < 1.29 is 32.3 Å². The van der Waals surface area contributed by atoms with Gasteiger partial charge in [0.05, 0.1) is 15.8 Å². The zero-order valence-corrected chi connectivity index (χ0v) is 15.2. The van der Waals surface area contributed by atoms with E-state index in [1.165, 1.54) is 24.3 Å². The number of carboxylic acids is 1. The first-order valence-corrected chi connectivity index (χ1v) is 8.72. The molecule has 1 heterocycles. The van der Waals surface area contributed by atoms with E-state index in [0.717, 1.165) is 4.57 Å². The van der Waals surface area contributed by atoms with Gasteiger partial charge in [0.15, 0.2) is 4.80 Å². The van der Waals surface area contributed by atoms with Crippen LogP contribution in [0, 0.1) is 5.82 Å². The number of hydrogen-bond donors (Lipinski definition) is 1. The summed E-state index contributed by atoms with van der Waals surface area (Å²) < 4.78 is 53.8. The first kappa shape index (κ1) is 20.0. The van der Waals surface area contributed by atoms with Crippen molar-refractivity contribution in [2.24, 2.45) is 4.99 Å². The van der Waals surface area contributed by atoms with Crippen LogP contribution in [0.2, 0.25) is 5.02 Å². The maximum absolute atomic E-state index is 13.8. The van der Waals surface area contributed by atoms with E-state index in [0.29, 0.717) is 23.5 Å². The van der Waals surface area contributed by atoms with Crippen molar-refractivity contribution in [1.29, 1.82) is 0 Å². The fourth-order valence-corrected chi connectivity index (χ4v) is 3.68. The van der Waals surface area contributed by atoms with Crippen molar-refractivity contribution in [1.82, 2.24) is 4.57 Å². The minimum absolute atomic E-state index is 0.0180. The molecule has 0 saturated carbocycles. The third-order valence-electron chi connectivity index (χ3n) is 3.64. The molecular weight excluding hydrogens is 424 g/mol. The molecule has 5 nitrogen and oxygen atoms in total. The lowest BCUT2D eigenvalue weighted by Crippen LogP contribution is -2.21. The SMILES string of the molecule is O=C(O)Cn1/c(=N/C(=O)c2cccc(Cl)c2)sc2cc(F)c(C(F)(F)F)cc21. The molecule has 0 fully saturated rings. The van der Waals surface area contributed by atoms with E-state index in [4.69, 9.17) is 16.7 Å². The van der Waals surface area contributed by atoms with Gasteiger partial charge in [-0.2, -0.15) is 18.2 Å². The zero-order valence-electron chi connectivity index (χ0n) is 13.6. The summed E-state index contributed by atoms with van der Waals surface area (Å²) in [4.78, 5) is 27.1. The van der Waals surface area contributed by atoms with E-state index in [1.54, 1.807) is 0 Å². The average molecular weight is 433 g/mol. The van der Waals surface area contributed by atoms with Crippen molar-refractivity contribution in [3.63, 3.8) is 0 Å². The Labute approximate surface area is 163 Å². The van der Waals surface area contributed by atoms with Crippen molar-refractivity contribution in [3.8, 4) is 0 Å². The Hall–Kier alpha value is -2.72. The standard InChI is InChI=1S/C17H9ClF4N2O3S/c18-9-3-1-2-8(4-9)15(27)23-16-24(7-14(25)26)12-5-10(17(20,21)22)11(19)6-13(12)28-16/h1-6H,7H2,(H,25,26)/b23-16-. The van der Waals surface area contributed by atoms with Gasteiger partial charge in [0.2, 0.25) is 0 Å². The Balaban J connectivity index is 2.24. The number of thiazole rings is 1. The third-order valence-corrected chi connectivity index (χ3v) is 4.92. The highest BCUT2D eigenvalue weighted by Gasteiger charge is 2.35. The zero-order chi connectivity index (χ0) is 20.6. The topological polar surface area (TPSA) is 71.7 Å². The summed E-state index contributed by atoms with van der Waals surface area (Å²) in [6.07, 6.45) is -4.96. The van der Waals surface area contributed by atoms with Gasteiger partial charge in [-0.15, -0.1) is 0 Å². The fourth-order valence-electron chi connectivity index (χ4n) is 2.45. The monoisotopic (exact) mass is 432 g/mol. The summed E-state index contributed by atoms with van der Waals surface area (Å²) in [5, 5.41) is 9.35. The second-order valence-corrected chi connectivity index (χ2v) is 7.03. The molecule has 0 radical (unpaired) electrons. The summed E-state index contributed by atoms with van der Waals surface area (Å²) in [6, 6.07) is 6.95. The molecule has 1 amide bonds. The molecule has 0 aliphatic rings. The second-order valence-electron chi connectivity index (χ2n) is 5.59. The molecule has 1 N–H and O–H groups in total. The molecule has 2 aromatic carbocycles. The number of fused-ring (bicyclic) bond motifs is 1. The van der Waals surface area contributed by atoms with E-state index in [2.05, 4.69) is 4.99 Å². The van der Waals surface area contributed by atoms with E-state index in [9.17, 15) is 27.2 Å². The number of carboxylic acid groups (broad SMARTS) is 1.